The average molecular weight is 267 g/mol. The lowest BCUT2D eigenvalue weighted by atomic mass is 10.0. The normalized spacial score (nSPS) is 10.4. The number of nitrogen functional groups attached to an aromatic ring is 1. The summed E-state index contributed by atoms with van der Waals surface area (Å²) >= 11 is 0. The predicted octanol–water partition coefficient (Wildman–Crippen LogP) is 2.12. The largest absolute Gasteiger partial charge is 0.497 e. The van der Waals surface area contributed by atoms with Crippen molar-refractivity contribution in [2.24, 2.45) is 0 Å². The Balaban J connectivity index is 2.11. The maximum Gasteiger partial charge on any atom is 0.153 e. The number of methoxy groups -OCH3 is 1. The molecule has 0 bridgehead atoms. The molecule has 6 nitrogen and oxygen atoms in total. The van der Waals surface area contributed by atoms with Gasteiger partial charge in [-0.1, -0.05) is 12.1 Å². The van der Waals surface area contributed by atoms with Gasteiger partial charge in [0, 0.05) is 18.0 Å². The molecule has 20 heavy (non-hydrogen) atoms. The fourth-order valence-electron chi connectivity index (χ4n) is 2.04. The molecule has 0 saturated heterocycles. The first kappa shape index (κ1) is 12.2. The number of nitrogens with one attached hydrogen (secondary N) is 1. The molecule has 3 N–H and O–H groups in total. The minimum Gasteiger partial charge on any atom is -0.497 e. The van der Waals surface area contributed by atoms with Crippen LogP contribution in [0.3, 0.4) is 0 Å². The summed E-state index contributed by atoms with van der Waals surface area (Å²) in [6.45, 7) is 0. The van der Waals surface area contributed by atoms with Crippen LogP contribution >= 0.6 is 0 Å². The number of aromatic amines is 1. The van der Waals surface area contributed by atoms with E-state index in [1.807, 2.05) is 24.3 Å². The molecular formula is C14H13N5O. The summed E-state index contributed by atoms with van der Waals surface area (Å²) in [5.41, 5.74) is 9.39. The molecule has 1 aromatic carbocycles. The number of nitrogens with two attached hydrogens (primary N) is 1. The molecule has 2 aromatic heterocycles. The van der Waals surface area contributed by atoms with Gasteiger partial charge in [-0.2, -0.15) is 5.10 Å². The van der Waals surface area contributed by atoms with E-state index >= 15 is 0 Å². The molecule has 0 spiro atoms. The summed E-state index contributed by atoms with van der Waals surface area (Å²) in [6.07, 6.45) is 4.91. The number of ether oxygens (including phenoxy) is 1. The monoisotopic (exact) mass is 267 g/mol. The molecule has 0 fully saturated rings. The summed E-state index contributed by atoms with van der Waals surface area (Å²) in [5, 5.41) is 7.01. The maximum absolute atomic E-state index is 5.97. The van der Waals surface area contributed by atoms with Gasteiger partial charge in [0.25, 0.3) is 0 Å². The van der Waals surface area contributed by atoms with Crippen molar-refractivity contribution in [3.05, 3.63) is 43.0 Å². The molecule has 2 heterocycles. The zero-order chi connectivity index (χ0) is 13.9. The van der Waals surface area contributed by atoms with Gasteiger partial charge < -0.3 is 10.5 Å². The van der Waals surface area contributed by atoms with Gasteiger partial charge in [-0.15, -0.1) is 0 Å². The third-order valence-electron chi connectivity index (χ3n) is 3.02. The molecule has 0 unspecified atom stereocenters. The number of H-pyrrole nitrogens is 1. The number of aromatic nitrogens is 4. The first-order valence-corrected chi connectivity index (χ1v) is 6.03. The van der Waals surface area contributed by atoms with Crippen LogP contribution in [-0.2, 0) is 0 Å². The lowest BCUT2D eigenvalue weighted by molar-refractivity contribution is 0.415. The average Bonchev–Trinajstić information content (AvgIpc) is 2.90. The Kier molecular flexibility index (Phi) is 3.04. The van der Waals surface area contributed by atoms with E-state index in [0.717, 1.165) is 28.1 Å². The van der Waals surface area contributed by atoms with Crippen molar-refractivity contribution in [3.63, 3.8) is 0 Å². The Morgan fingerprint density at radius 2 is 1.75 bits per heavy atom. The van der Waals surface area contributed by atoms with Crippen LogP contribution in [0.25, 0.3) is 22.4 Å². The Hall–Kier alpha value is -2.89. The molecule has 0 saturated carbocycles. The number of anilines is 1. The van der Waals surface area contributed by atoms with Crippen molar-refractivity contribution < 1.29 is 4.74 Å². The lowest BCUT2D eigenvalue weighted by Crippen LogP contribution is -1.90. The van der Waals surface area contributed by atoms with Crippen molar-refractivity contribution in [3.8, 4) is 28.1 Å². The van der Waals surface area contributed by atoms with Gasteiger partial charge in [-0.3, -0.25) is 5.10 Å². The standard InChI is InChI=1S/C14H13N5O/c1-20-11-4-2-9(3-5-11)12-13(18-19-14(12)15)10-6-16-8-17-7-10/h2-8H,1H3,(H3,15,18,19). The highest BCUT2D eigenvalue weighted by Gasteiger charge is 2.15. The Morgan fingerprint density at radius 3 is 2.40 bits per heavy atom. The molecule has 0 aliphatic heterocycles. The van der Waals surface area contributed by atoms with E-state index in [9.17, 15) is 0 Å². The lowest BCUT2D eigenvalue weighted by Gasteiger charge is -2.05. The Labute approximate surface area is 115 Å². The third-order valence-corrected chi connectivity index (χ3v) is 3.02. The van der Waals surface area contributed by atoms with Crippen LogP contribution in [0.5, 0.6) is 5.75 Å². The summed E-state index contributed by atoms with van der Waals surface area (Å²) in [4.78, 5) is 8.03. The number of rotatable bonds is 3. The van der Waals surface area contributed by atoms with E-state index in [-0.39, 0.29) is 0 Å². The SMILES string of the molecule is COc1ccc(-c2c(N)n[nH]c2-c2cncnc2)cc1. The molecule has 0 aliphatic rings. The van der Waals surface area contributed by atoms with Crippen molar-refractivity contribution >= 4 is 5.82 Å². The highest BCUT2D eigenvalue weighted by Crippen LogP contribution is 2.34. The van der Waals surface area contributed by atoms with Crippen LogP contribution < -0.4 is 10.5 Å². The van der Waals surface area contributed by atoms with Crippen molar-refractivity contribution in [1.29, 1.82) is 0 Å². The Bertz CT molecular complexity index is 706. The fraction of sp³-hybridized carbons (Fsp3) is 0.0714. The number of nitrogens with zero attached hydrogens (tertiary/aromatic N) is 3. The number of benzene rings is 1. The quantitative estimate of drug-likeness (QED) is 0.758. The molecule has 100 valence electrons. The van der Waals surface area contributed by atoms with E-state index in [2.05, 4.69) is 20.2 Å². The van der Waals surface area contributed by atoms with Crippen molar-refractivity contribution in [2.45, 2.75) is 0 Å². The van der Waals surface area contributed by atoms with Gasteiger partial charge in [-0.25, -0.2) is 9.97 Å². The predicted molar refractivity (Wildman–Crippen MR) is 76.0 cm³/mol. The molecule has 0 radical (unpaired) electrons. The molecule has 3 rings (SSSR count). The minimum absolute atomic E-state index is 0.439. The molecular weight excluding hydrogens is 254 g/mol. The van der Waals surface area contributed by atoms with Crippen molar-refractivity contribution in [1.82, 2.24) is 20.2 Å². The first-order valence-electron chi connectivity index (χ1n) is 6.03. The number of hydrogen-bond acceptors (Lipinski definition) is 5. The van der Waals surface area contributed by atoms with Gasteiger partial charge in [0.1, 0.15) is 12.1 Å². The van der Waals surface area contributed by atoms with Crippen LogP contribution in [0.1, 0.15) is 0 Å². The summed E-state index contributed by atoms with van der Waals surface area (Å²) in [5.74, 6) is 1.23. The van der Waals surface area contributed by atoms with Crippen molar-refractivity contribution in [2.75, 3.05) is 12.8 Å². The first-order chi connectivity index (χ1) is 9.79. The summed E-state index contributed by atoms with van der Waals surface area (Å²) < 4.78 is 5.16. The Morgan fingerprint density at radius 1 is 1.05 bits per heavy atom. The van der Waals surface area contributed by atoms with E-state index in [1.165, 1.54) is 6.33 Å². The molecule has 0 amide bonds. The van der Waals surface area contributed by atoms with Gasteiger partial charge in [0.2, 0.25) is 0 Å². The smallest absolute Gasteiger partial charge is 0.153 e. The third kappa shape index (κ3) is 2.07. The highest BCUT2D eigenvalue weighted by molar-refractivity contribution is 5.87. The van der Waals surface area contributed by atoms with Crippen LogP contribution in [-0.4, -0.2) is 27.3 Å². The van der Waals surface area contributed by atoms with Gasteiger partial charge in [-0.05, 0) is 17.7 Å². The van der Waals surface area contributed by atoms with Crippen LogP contribution in [0.15, 0.2) is 43.0 Å². The van der Waals surface area contributed by atoms with E-state index < -0.39 is 0 Å². The second-order valence-corrected chi connectivity index (χ2v) is 4.21. The zero-order valence-corrected chi connectivity index (χ0v) is 10.9. The summed E-state index contributed by atoms with van der Waals surface area (Å²) in [7, 11) is 1.63. The topological polar surface area (TPSA) is 89.7 Å². The van der Waals surface area contributed by atoms with Gasteiger partial charge >= 0.3 is 0 Å². The van der Waals surface area contributed by atoms with Gasteiger partial charge in [0.15, 0.2) is 5.82 Å². The van der Waals surface area contributed by atoms with E-state index in [1.54, 1.807) is 19.5 Å². The molecule has 6 heteroatoms. The van der Waals surface area contributed by atoms with Gasteiger partial charge in [0.05, 0.1) is 18.4 Å². The number of hydrogen-bond donors (Lipinski definition) is 2. The van der Waals surface area contributed by atoms with Crippen LogP contribution in [0.2, 0.25) is 0 Å². The zero-order valence-electron chi connectivity index (χ0n) is 10.9. The molecule has 3 aromatic rings. The maximum atomic E-state index is 5.97. The van der Waals surface area contributed by atoms with E-state index in [4.69, 9.17) is 10.5 Å². The second kappa shape index (κ2) is 5.00. The fourth-order valence-corrected chi connectivity index (χ4v) is 2.04. The second-order valence-electron chi connectivity index (χ2n) is 4.21. The van der Waals surface area contributed by atoms with Crippen LogP contribution in [0, 0.1) is 0 Å². The van der Waals surface area contributed by atoms with E-state index in [0.29, 0.717) is 5.82 Å². The summed E-state index contributed by atoms with van der Waals surface area (Å²) in [6, 6.07) is 7.64. The molecule has 0 aliphatic carbocycles. The van der Waals surface area contributed by atoms with Crippen LogP contribution in [0.4, 0.5) is 5.82 Å². The molecule has 0 atom stereocenters. The minimum atomic E-state index is 0.439. The highest BCUT2D eigenvalue weighted by atomic mass is 16.5.